The van der Waals surface area contributed by atoms with Gasteiger partial charge in [-0.2, -0.15) is 0 Å². The number of carbonyl (C=O) groups is 1. The molecule has 0 aliphatic heterocycles. The lowest BCUT2D eigenvalue weighted by Gasteiger charge is -2.05. The molecule has 0 unspecified atom stereocenters. The number of aryl methyl sites for hydroxylation is 1. The zero-order valence-corrected chi connectivity index (χ0v) is 12.1. The molecule has 1 heterocycles. The number of thiophene rings is 1. The van der Waals surface area contributed by atoms with Crippen LogP contribution < -0.4 is 4.74 Å². The molecule has 1 aromatic carbocycles. The zero-order chi connectivity index (χ0) is 15.4. The highest BCUT2D eigenvalue weighted by Crippen LogP contribution is 2.30. The highest BCUT2D eigenvalue weighted by atomic mass is 32.1. The predicted octanol–water partition coefficient (Wildman–Crippen LogP) is 3.50. The van der Waals surface area contributed by atoms with Gasteiger partial charge in [-0.05, 0) is 30.2 Å². The van der Waals surface area contributed by atoms with Gasteiger partial charge in [0.25, 0.3) is 5.69 Å². The second-order valence-corrected chi connectivity index (χ2v) is 5.41. The topological polar surface area (TPSA) is 89.7 Å². The largest absolute Gasteiger partial charge is 0.487 e. The molecule has 21 heavy (non-hydrogen) atoms. The third kappa shape index (κ3) is 3.57. The van der Waals surface area contributed by atoms with E-state index in [9.17, 15) is 14.9 Å². The van der Waals surface area contributed by atoms with E-state index >= 15 is 0 Å². The lowest BCUT2D eigenvalue weighted by Crippen LogP contribution is -2.00. The smallest absolute Gasteiger partial charge is 0.349 e. The van der Waals surface area contributed by atoms with Gasteiger partial charge in [-0.25, -0.2) is 4.79 Å². The quantitative estimate of drug-likeness (QED) is 0.651. The zero-order valence-electron chi connectivity index (χ0n) is 11.2. The molecule has 0 atom stereocenters. The maximum atomic E-state index is 11.1. The highest BCUT2D eigenvalue weighted by molar-refractivity contribution is 7.14. The number of nitro groups is 1. The molecule has 0 radical (unpaired) electrons. The summed E-state index contributed by atoms with van der Waals surface area (Å²) in [7, 11) is 0. The van der Waals surface area contributed by atoms with Crippen LogP contribution in [0, 0.1) is 10.1 Å². The van der Waals surface area contributed by atoms with Gasteiger partial charge < -0.3 is 9.84 Å². The van der Waals surface area contributed by atoms with Crippen LogP contribution in [0.3, 0.4) is 0 Å². The number of rotatable bonds is 6. The molecule has 0 aliphatic rings. The number of ether oxygens (including phenoxy) is 1. The molecule has 2 rings (SSSR count). The number of carboxylic acids is 1. The maximum Gasteiger partial charge on any atom is 0.349 e. The van der Waals surface area contributed by atoms with Crippen LogP contribution >= 0.6 is 11.3 Å². The van der Waals surface area contributed by atoms with Crippen molar-refractivity contribution < 1.29 is 19.6 Å². The first-order valence-electron chi connectivity index (χ1n) is 6.23. The van der Waals surface area contributed by atoms with Crippen LogP contribution in [-0.4, -0.2) is 16.0 Å². The van der Waals surface area contributed by atoms with E-state index in [1.807, 2.05) is 6.92 Å². The minimum Gasteiger partial charge on any atom is -0.487 e. The Hall–Kier alpha value is -2.41. The van der Waals surface area contributed by atoms with Gasteiger partial charge in [0.05, 0.1) is 4.92 Å². The first kappa shape index (κ1) is 15.0. The average Bonchev–Trinajstić information content (AvgIpc) is 2.89. The molecule has 110 valence electrons. The van der Waals surface area contributed by atoms with Crippen molar-refractivity contribution >= 4 is 23.0 Å². The molecular formula is C14H13NO5S. The second-order valence-electron chi connectivity index (χ2n) is 4.28. The van der Waals surface area contributed by atoms with E-state index in [1.165, 1.54) is 23.5 Å². The van der Waals surface area contributed by atoms with E-state index in [0.717, 1.165) is 16.9 Å². The summed E-state index contributed by atoms with van der Waals surface area (Å²) in [6, 6.07) is 7.68. The van der Waals surface area contributed by atoms with Crippen molar-refractivity contribution in [2.75, 3.05) is 0 Å². The normalized spacial score (nSPS) is 10.3. The number of non-ortho nitro benzene ring substituents is 1. The van der Waals surface area contributed by atoms with Gasteiger partial charge in [0.1, 0.15) is 12.4 Å². The highest BCUT2D eigenvalue weighted by Gasteiger charge is 2.16. The maximum absolute atomic E-state index is 11.1. The summed E-state index contributed by atoms with van der Waals surface area (Å²) in [5, 5.41) is 19.7. The van der Waals surface area contributed by atoms with Crippen LogP contribution in [0.15, 0.2) is 30.3 Å². The monoisotopic (exact) mass is 307 g/mol. The van der Waals surface area contributed by atoms with Crippen molar-refractivity contribution in [3.8, 4) is 5.75 Å². The molecule has 0 aliphatic carbocycles. The molecule has 0 fully saturated rings. The van der Waals surface area contributed by atoms with Crippen LogP contribution in [0.2, 0.25) is 0 Å². The van der Waals surface area contributed by atoms with E-state index in [1.54, 1.807) is 18.2 Å². The Labute approximate surface area is 124 Å². The second kappa shape index (κ2) is 6.36. The van der Waals surface area contributed by atoms with Crippen molar-refractivity contribution in [2.24, 2.45) is 0 Å². The number of aromatic carboxylic acids is 1. The molecule has 0 spiro atoms. The summed E-state index contributed by atoms with van der Waals surface area (Å²) in [6.45, 7) is 2.11. The van der Waals surface area contributed by atoms with Gasteiger partial charge in [0.15, 0.2) is 4.88 Å². The van der Waals surface area contributed by atoms with Gasteiger partial charge in [-0.15, -0.1) is 11.3 Å². The van der Waals surface area contributed by atoms with Gasteiger partial charge in [0, 0.05) is 17.0 Å². The Balaban J connectivity index is 2.10. The van der Waals surface area contributed by atoms with Crippen LogP contribution in [-0.2, 0) is 13.0 Å². The standard InChI is InChI=1S/C14H13NO5S/c1-2-11-7-12(13(21-11)14(16)17)20-8-9-3-5-10(6-4-9)15(18)19/h3-7H,2,8H2,1H3,(H,16,17). The summed E-state index contributed by atoms with van der Waals surface area (Å²) in [4.78, 5) is 22.3. The number of nitrogens with zero attached hydrogens (tertiary/aromatic N) is 1. The molecule has 2 aromatic rings. The number of carboxylic acid groups (broad SMARTS) is 1. The van der Waals surface area contributed by atoms with Crippen molar-refractivity contribution in [1.82, 2.24) is 0 Å². The van der Waals surface area contributed by atoms with Crippen LogP contribution in [0.1, 0.15) is 27.0 Å². The minimum atomic E-state index is -1.02. The van der Waals surface area contributed by atoms with E-state index in [0.29, 0.717) is 5.75 Å². The van der Waals surface area contributed by atoms with E-state index < -0.39 is 10.9 Å². The Morgan fingerprint density at radius 3 is 2.57 bits per heavy atom. The van der Waals surface area contributed by atoms with Crippen molar-refractivity contribution in [2.45, 2.75) is 20.0 Å². The first-order valence-corrected chi connectivity index (χ1v) is 7.05. The first-order chi connectivity index (χ1) is 10.0. The third-order valence-corrected chi connectivity index (χ3v) is 4.08. The molecule has 0 amide bonds. The average molecular weight is 307 g/mol. The Kier molecular flexibility index (Phi) is 4.54. The van der Waals surface area contributed by atoms with Crippen molar-refractivity contribution in [3.63, 3.8) is 0 Å². The molecule has 6 nitrogen and oxygen atoms in total. The van der Waals surface area contributed by atoms with E-state index in [4.69, 9.17) is 9.84 Å². The number of benzene rings is 1. The Bertz CT molecular complexity index is 663. The van der Waals surface area contributed by atoms with Crippen LogP contribution in [0.25, 0.3) is 0 Å². The lowest BCUT2D eigenvalue weighted by molar-refractivity contribution is -0.384. The fourth-order valence-electron chi connectivity index (χ4n) is 1.73. The fourth-order valence-corrected chi connectivity index (χ4v) is 2.61. The summed E-state index contributed by atoms with van der Waals surface area (Å²) in [5.74, 6) is -0.680. The van der Waals surface area contributed by atoms with Gasteiger partial charge in [-0.3, -0.25) is 10.1 Å². The van der Waals surface area contributed by atoms with Crippen molar-refractivity contribution in [3.05, 3.63) is 55.8 Å². The number of hydrogen-bond donors (Lipinski definition) is 1. The Morgan fingerprint density at radius 1 is 1.38 bits per heavy atom. The van der Waals surface area contributed by atoms with E-state index in [-0.39, 0.29) is 17.2 Å². The summed E-state index contributed by atoms with van der Waals surface area (Å²) in [6.07, 6.45) is 0.742. The van der Waals surface area contributed by atoms with Gasteiger partial charge in [0.2, 0.25) is 0 Å². The van der Waals surface area contributed by atoms with Gasteiger partial charge >= 0.3 is 5.97 Å². The molecular weight excluding hydrogens is 294 g/mol. The lowest BCUT2D eigenvalue weighted by atomic mass is 10.2. The van der Waals surface area contributed by atoms with Crippen LogP contribution in [0.4, 0.5) is 5.69 Å². The molecule has 7 heteroatoms. The molecule has 0 saturated heterocycles. The fraction of sp³-hybridized carbons (Fsp3) is 0.214. The summed E-state index contributed by atoms with van der Waals surface area (Å²) in [5.41, 5.74) is 0.745. The SMILES string of the molecule is CCc1cc(OCc2ccc([N+](=O)[O-])cc2)c(C(=O)O)s1. The molecule has 0 saturated carbocycles. The predicted molar refractivity (Wildman–Crippen MR) is 78.1 cm³/mol. The summed E-state index contributed by atoms with van der Waals surface area (Å²) < 4.78 is 5.53. The third-order valence-electron chi connectivity index (χ3n) is 2.83. The van der Waals surface area contributed by atoms with E-state index in [2.05, 4.69) is 0 Å². The number of hydrogen-bond acceptors (Lipinski definition) is 5. The number of nitro benzene ring substituents is 1. The Morgan fingerprint density at radius 2 is 2.05 bits per heavy atom. The molecule has 1 aromatic heterocycles. The minimum absolute atomic E-state index is 0.00813. The molecule has 1 N–H and O–H groups in total. The van der Waals surface area contributed by atoms with Gasteiger partial charge in [-0.1, -0.05) is 6.92 Å². The molecule has 0 bridgehead atoms. The van der Waals surface area contributed by atoms with Crippen LogP contribution in [0.5, 0.6) is 5.75 Å². The summed E-state index contributed by atoms with van der Waals surface area (Å²) >= 11 is 1.20. The van der Waals surface area contributed by atoms with Crippen molar-refractivity contribution in [1.29, 1.82) is 0 Å².